The highest BCUT2D eigenvalue weighted by Crippen LogP contribution is 1.80. The summed E-state index contributed by atoms with van der Waals surface area (Å²) in [4.78, 5) is 1.83. The highest BCUT2D eigenvalue weighted by molar-refractivity contribution is 7.89. The Morgan fingerprint density at radius 2 is 2.25 bits per heavy atom. The number of hydrogen-bond donors (Lipinski definition) is 2. The lowest BCUT2D eigenvalue weighted by Gasteiger charge is -2.09. The minimum Gasteiger partial charge on any atom is -0.612 e. The maximum atomic E-state index is 10.3. The van der Waals surface area contributed by atoms with Crippen molar-refractivity contribution in [3.8, 4) is 0 Å². The van der Waals surface area contributed by atoms with Crippen molar-refractivity contribution in [2.75, 3.05) is 12.3 Å². The van der Waals surface area contributed by atoms with Crippen molar-refractivity contribution in [2.45, 2.75) is 0 Å². The molecule has 0 bridgehead atoms. The Labute approximate surface area is 46.9 Å². The molecule has 0 saturated carbocycles. The van der Waals surface area contributed by atoms with Gasteiger partial charge in [0.1, 0.15) is 12.3 Å². The standard InChI is InChI=1S/C2H6N2O3S/c5-4-1-2-8(6,7)3-4/h3-4H,1-2H2. The van der Waals surface area contributed by atoms with Crippen LogP contribution in [0, 0.1) is 5.21 Å². The third-order valence-electron chi connectivity index (χ3n) is 0.867. The Kier molecular flexibility index (Phi) is 1.24. The first-order valence-electron chi connectivity index (χ1n) is 2.13. The smallest absolute Gasteiger partial charge is 0.259 e. The Morgan fingerprint density at radius 3 is 2.38 bits per heavy atom. The second-order valence-electron chi connectivity index (χ2n) is 1.59. The van der Waals surface area contributed by atoms with Crippen LogP contribution in [0.15, 0.2) is 0 Å². The number of hydrogen-bond acceptors (Lipinski definition) is 3. The van der Waals surface area contributed by atoms with Gasteiger partial charge in [-0.15, -0.1) is 0 Å². The third-order valence-corrected chi connectivity index (χ3v) is 2.15. The van der Waals surface area contributed by atoms with E-state index >= 15 is 0 Å². The van der Waals surface area contributed by atoms with E-state index in [-0.39, 0.29) is 12.3 Å². The van der Waals surface area contributed by atoms with Gasteiger partial charge in [-0.3, -0.25) is 5.17 Å². The van der Waals surface area contributed by atoms with E-state index in [4.69, 9.17) is 0 Å². The summed E-state index contributed by atoms with van der Waals surface area (Å²) in [5.41, 5.74) is 0. The lowest BCUT2D eigenvalue weighted by atomic mass is 10.8. The van der Waals surface area contributed by atoms with E-state index in [1.165, 1.54) is 0 Å². The maximum absolute atomic E-state index is 10.3. The molecule has 1 unspecified atom stereocenters. The van der Waals surface area contributed by atoms with Gasteiger partial charge in [0.05, 0.1) is 0 Å². The molecule has 1 saturated heterocycles. The zero-order valence-electron chi connectivity index (χ0n) is 4.05. The third kappa shape index (κ3) is 1.16. The molecule has 8 heavy (non-hydrogen) atoms. The highest BCUT2D eigenvalue weighted by atomic mass is 32.2. The van der Waals surface area contributed by atoms with Gasteiger partial charge in [-0.25, -0.2) is 8.42 Å². The van der Waals surface area contributed by atoms with Gasteiger partial charge in [0.2, 0.25) is 0 Å². The van der Waals surface area contributed by atoms with Crippen LogP contribution in [0.4, 0.5) is 0 Å². The van der Waals surface area contributed by atoms with E-state index in [0.29, 0.717) is 0 Å². The molecular formula is C2H6N2O3S. The summed E-state index contributed by atoms with van der Waals surface area (Å²) in [6.07, 6.45) is 0. The Bertz CT molecular complexity index is 174. The van der Waals surface area contributed by atoms with Gasteiger partial charge in [-0.2, -0.15) is 0 Å². The summed E-state index contributed by atoms with van der Waals surface area (Å²) in [6, 6.07) is 0. The predicted molar refractivity (Wildman–Crippen MR) is 26.1 cm³/mol. The molecule has 0 aromatic rings. The van der Waals surface area contributed by atoms with Crippen molar-refractivity contribution in [3.63, 3.8) is 0 Å². The Balaban J connectivity index is 2.71. The molecule has 0 radical (unpaired) electrons. The van der Waals surface area contributed by atoms with Crippen LogP contribution in [-0.2, 0) is 10.0 Å². The number of quaternary nitrogens is 1. The average Bonchev–Trinajstić information content (AvgIpc) is 1.82. The van der Waals surface area contributed by atoms with E-state index < -0.39 is 15.2 Å². The van der Waals surface area contributed by atoms with Gasteiger partial charge in [-0.05, 0) is 0 Å². The Hall–Kier alpha value is -0.170. The highest BCUT2D eigenvalue weighted by Gasteiger charge is 2.22. The first-order chi connectivity index (χ1) is 3.60. The van der Waals surface area contributed by atoms with Gasteiger partial charge >= 0.3 is 0 Å². The molecule has 0 aliphatic carbocycles. The van der Waals surface area contributed by atoms with Gasteiger partial charge in [0.15, 0.2) is 0 Å². The molecule has 1 heterocycles. The van der Waals surface area contributed by atoms with Crippen LogP contribution in [-0.4, -0.2) is 20.7 Å². The second kappa shape index (κ2) is 1.66. The minimum atomic E-state index is -3.20. The molecule has 1 fully saturated rings. The van der Waals surface area contributed by atoms with Gasteiger partial charge in [0.25, 0.3) is 10.0 Å². The summed E-state index contributed by atoms with van der Waals surface area (Å²) in [7, 11) is -3.20. The van der Waals surface area contributed by atoms with Crippen LogP contribution < -0.4 is 10.0 Å². The van der Waals surface area contributed by atoms with Gasteiger partial charge in [0, 0.05) is 0 Å². The number of rotatable bonds is 0. The van der Waals surface area contributed by atoms with E-state index in [9.17, 15) is 13.6 Å². The summed E-state index contributed by atoms with van der Waals surface area (Å²) < 4.78 is 20.6. The SMILES string of the molecule is O=S1(=O)CC[NH+]([O-])N1. The predicted octanol–water partition coefficient (Wildman–Crippen LogP) is -2.78. The molecule has 0 aromatic heterocycles. The van der Waals surface area contributed by atoms with Gasteiger partial charge in [-0.1, -0.05) is 4.83 Å². The molecule has 6 heteroatoms. The lowest BCUT2D eigenvalue weighted by molar-refractivity contribution is -0.871. The number of sulfonamides is 1. The molecular weight excluding hydrogens is 132 g/mol. The fraction of sp³-hybridized carbons (Fsp3) is 1.00. The van der Waals surface area contributed by atoms with Crippen molar-refractivity contribution in [2.24, 2.45) is 0 Å². The largest absolute Gasteiger partial charge is 0.612 e. The molecule has 1 atom stereocenters. The van der Waals surface area contributed by atoms with Crippen LogP contribution in [0.5, 0.6) is 0 Å². The van der Waals surface area contributed by atoms with Crippen LogP contribution in [0.3, 0.4) is 0 Å². The van der Waals surface area contributed by atoms with Crippen molar-refractivity contribution in [3.05, 3.63) is 5.21 Å². The molecule has 0 spiro atoms. The summed E-state index contributed by atoms with van der Waals surface area (Å²) >= 11 is 0. The molecule has 2 N–H and O–H groups in total. The Morgan fingerprint density at radius 1 is 1.62 bits per heavy atom. The monoisotopic (exact) mass is 138 g/mol. The molecule has 0 amide bonds. The van der Waals surface area contributed by atoms with Crippen molar-refractivity contribution in [1.29, 1.82) is 0 Å². The summed E-state index contributed by atoms with van der Waals surface area (Å²) in [5, 5.41) is 9.77. The second-order valence-corrected chi connectivity index (χ2v) is 3.44. The normalized spacial score (nSPS) is 35.4. The quantitative estimate of drug-likeness (QED) is 0.355. The lowest BCUT2D eigenvalue weighted by Crippen LogP contribution is -3.11. The van der Waals surface area contributed by atoms with E-state index in [2.05, 4.69) is 0 Å². The summed E-state index contributed by atoms with van der Waals surface area (Å²) in [5.74, 6) is -0.0498. The number of nitrogens with one attached hydrogen (secondary N) is 2. The van der Waals surface area contributed by atoms with E-state index in [1.54, 1.807) is 0 Å². The molecule has 48 valence electrons. The fourth-order valence-electron chi connectivity index (χ4n) is 0.503. The number of hydroxylamine groups is 1. The van der Waals surface area contributed by atoms with Crippen LogP contribution in [0.25, 0.3) is 0 Å². The first kappa shape index (κ1) is 5.96. The van der Waals surface area contributed by atoms with Crippen LogP contribution in [0.1, 0.15) is 0 Å². The molecule has 0 aromatic carbocycles. The fourth-order valence-corrected chi connectivity index (χ4v) is 1.51. The van der Waals surface area contributed by atoms with Crippen molar-refractivity contribution < 1.29 is 13.6 Å². The maximum Gasteiger partial charge on any atom is 0.259 e. The topological polar surface area (TPSA) is 73.7 Å². The molecule has 5 nitrogen and oxygen atoms in total. The minimum absolute atomic E-state index is 0.0498. The zero-order valence-corrected chi connectivity index (χ0v) is 4.86. The van der Waals surface area contributed by atoms with Crippen molar-refractivity contribution in [1.82, 2.24) is 4.83 Å². The molecule has 1 rings (SSSR count). The van der Waals surface area contributed by atoms with E-state index in [1.807, 2.05) is 4.83 Å². The van der Waals surface area contributed by atoms with Gasteiger partial charge < -0.3 is 5.21 Å². The first-order valence-corrected chi connectivity index (χ1v) is 3.79. The summed E-state index contributed by atoms with van der Waals surface area (Å²) in [6.45, 7) is 0.113. The zero-order chi connectivity index (χ0) is 6.20. The average molecular weight is 138 g/mol. The van der Waals surface area contributed by atoms with Crippen molar-refractivity contribution >= 4 is 10.0 Å². The molecule has 1 aliphatic rings. The van der Waals surface area contributed by atoms with Crippen LogP contribution in [0.2, 0.25) is 0 Å². The van der Waals surface area contributed by atoms with E-state index in [0.717, 1.165) is 0 Å². The van der Waals surface area contributed by atoms with Crippen LogP contribution >= 0.6 is 0 Å². The molecule has 1 aliphatic heterocycles.